The molecule has 4 heteroatoms. The molecule has 1 aromatic rings. The Kier molecular flexibility index (Phi) is 4.36. The Balaban J connectivity index is 1.34. The maximum Gasteiger partial charge on any atom is 0.258 e. The molecule has 1 amide bonds. The molecule has 0 spiro atoms. The molecule has 4 saturated carbocycles. The fourth-order valence-corrected chi connectivity index (χ4v) is 6.23. The quantitative estimate of drug-likeness (QED) is 0.799. The van der Waals surface area contributed by atoms with Gasteiger partial charge in [0, 0.05) is 10.5 Å². The van der Waals surface area contributed by atoms with Gasteiger partial charge in [-0.05, 0) is 86.8 Å². The highest BCUT2D eigenvalue weighted by atomic mass is 79.9. The molecule has 3 nitrogen and oxygen atoms in total. The topological polar surface area (TPSA) is 38.3 Å². The predicted octanol–water partition coefficient (Wildman–Crippen LogP) is 4.55. The van der Waals surface area contributed by atoms with Crippen molar-refractivity contribution in [3.63, 3.8) is 0 Å². The van der Waals surface area contributed by atoms with Gasteiger partial charge in [-0.15, -0.1) is 0 Å². The van der Waals surface area contributed by atoms with Gasteiger partial charge < -0.3 is 10.1 Å². The minimum atomic E-state index is -0.00165. The molecule has 0 aliphatic heterocycles. The van der Waals surface area contributed by atoms with Gasteiger partial charge >= 0.3 is 0 Å². The summed E-state index contributed by atoms with van der Waals surface area (Å²) in [5.41, 5.74) is 0.347. The van der Waals surface area contributed by atoms with Crippen LogP contribution in [0.3, 0.4) is 0 Å². The molecule has 0 saturated heterocycles. The minimum absolute atomic E-state index is 0.00165. The molecular formula is C20H26BrNO2. The number of carbonyl (C=O) groups is 1. The highest BCUT2D eigenvalue weighted by molar-refractivity contribution is 9.10. The lowest BCUT2D eigenvalue weighted by atomic mass is 9.48. The first kappa shape index (κ1) is 16.4. The normalized spacial score (nSPS) is 34.8. The van der Waals surface area contributed by atoms with E-state index in [2.05, 4.69) is 28.2 Å². The van der Waals surface area contributed by atoms with E-state index < -0.39 is 0 Å². The van der Waals surface area contributed by atoms with Crippen molar-refractivity contribution < 1.29 is 9.53 Å². The number of amides is 1. The van der Waals surface area contributed by atoms with E-state index in [0.717, 1.165) is 28.0 Å². The lowest BCUT2D eigenvalue weighted by Gasteiger charge is -2.59. The van der Waals surface area contributed by atoms with Crippen LogP contribution < -0.4 is 10.1 Å². The molecule has 1 N–H and O–H groups in total. The molecule has 24 heavy (non-hydrogen) atoms. The third kappa shape index (κ3) is 3.22. The highest BCUT2D eigenvalue weighted by Gasteiger charge is 2.53. The van der Waals surface area contributed by atoms with Crippen LogP contribution in [0, 0.1) is 23.2 Å². The van der Waals surface area contributed by atoms with Crippen LogP contribution in [0.5, 0.6) is 5.75 Å². The Hall–Kier alpha value is -1.03. The van der Waals surface area contributed by atoms with Crippen molar-refractivity contribution in [1.29, 1.82) is 0 Å². The van der Waals surface area contributed by atoms with Gasteiger partial charge in [-0.1, -0.05) is 22.0 Å². The second-order valence-electron chi connectivity index (χ2n) is 8.32. The first-order valence-electron chi connectivity index (χ1n) is 9.20. The summed E-state index contributed by atoms with van der Waals surface area (Å²) in [4.78, 5) is 12.4. The molecule has 4 fully saturated rings. The second-order valence-corrected chi connectivity index (χ2v) is 9.23. The summed E-state index contributed by atoms with van der Waals surface area (Å²) in [7, 11) is 0. The van der Waals surface area contributed by atoms with Crippen LogP contribution >= 0.6 is 15.9 Å². The number of benzene rings is 1. The van der Waals surface area contributed by atoms with E-state index in [0.29, 0.717) is 5.41 Å². The molecule has 0 unspecified atom stereocenters. The zero-order chi connectivity index (χ0) is 16.7. The standard InChI is InChI=1S/C20H26BrNO2/c1-13(20-9-14-5-15(10-20)7-16(6-14)11-20)22-19(23)12-24-18-4-2-3-17(21)8-18/h2-4,8,13-16H,5-7,9-12H2,1H3,(H,22,23)/t13-,14?,15?,16?,20?/m0/s1. The summed E-state index contributed by atoms with van der Waals surface area (Å²) in [6.07, 6.45) is 8.25. The molecule has 4 bridgehead atoms. The van der Waals surface area contributed by atoms with Gasteiger partial charge in [0.25, 0.3) is 5.91 Å². The Labute approximate surface area is 152 Å². The van der Waals surface area contributed by atoms with E-state index in [1.807, 2.05) is 24.3 Å². The van der Waals surface area contributed by atoms with Crippen LogP contribution in [0.1, 0.15) is 45.4 Å². The highest BCUT2D eigenvalue weighted by Crippen LogP contribution is 2.61. The van der Waals surface area contributed by atoms with Gasteiger partial charge in [0.2, 0.25) is 0 Å². The first-order valence-corrected chi connectivity index (χ1v) is 9.99. The molecular weight excluding hydrogens is 366 g/mol. The fraction of sp³-hybridized carbons (Fsp3) is 0.650. The lowest BCUT2D eigenvalue weighted by molar-refractivity contribution is -0.127. The van der Waals surface area contributed by atoms with Gasteiger partial charge in [0.05, 0.1) is 0 Å². The SMILES string of the molecule is C[C@H](NC(=O)COc1cccc(Br)c1)C12CC3CC(CC(C3)C1)C2. The van der Waals surface area contributed by atoms with Crippen LogP contribution in [0.15, 0.2) is 28.7 Å². The maximum absolute atomic E-state index is 12.4. The lowest BCUT2D eigenvalue weighted by Crippen LogP contribution is -2.56. The Bertz CT molecular complexity index is 595. The average Bonchev–Trinajstić information content (AvgIpc) is 2.52. The number of halogens is 1. The van der Waals surface area contributed by atoms with Gasteiger partial charge in [0.15, 0.2) is 6.61 Å². The second kappa shape index (κ2) is 6.36. The van der Waals surface area contributed by atoms with Gasteiger partial charge in [0.1, 0.15) is 5.75 Å². The van der Waals surface area contributed by atoms with Gasteiger partial charge in [-0.25, -0.2) is 0 Å². The van der Waals surface area contributed by atoms with E-state index in [1.165, 1.54) is 38.5 Å². The van der Waals surface area contributed by atoms with Crippen molar-refractivity contribution in [3.8, 4) is 5.75 Å². The smallest absolute Gasteiger partial charge is 0.258 e. The predicted molar refractivity (Wildman–Crippen MR) is 97.8 cm³/mol. The fourth-order valence-electron chi connectivity index (χ4n) is 5.85. The van der Waals surface area contributed by atoms with Crippen LogP contribution in [0.4, 0.5) is 0 Å². The first-order chi connectivity index (χ1) is 11.5. The largest absolute Gasteiger partial charge is 0.484 e. The summed E-state index contributed by atoms with van der Waals surface area (Å²) in [6, 6.07) is 7.87. The number of carbonyl (C=O) groups excluding carboxylic acids is 1. The van der Waals surface area contributed by atoms with Crippen LogP contribution in [-0.2, 0) is 4.79 Å². The Morgan fingerprint density at radius 2 is 1.88 bits per heavy atom. The number of hydrogen-bond acceptors (Lipinski definition) is 2. The molecule has 4 aliphatic rings. The van der Waals surface area contributed by atoms with Crippen molar-refractivity contribution in [2.75, 3.05) is 6.61 Å². The monoisotopic (exact) mass is 391 g/mol. The van der Waals surface area contributed by atoms with Crippen LogP contribution in [0.25, 0.3) is 0 Å². The summed E-state index contributed by atoms with van der Waals surface area (Å²) >= 11 is 3.42. The van der Waals surface area contributed by atoms with Crippen molar-refractivity contribution in [2.24, 2.45) is 23.2 Å². The van der Waals surface area contributed by atoms with E-state index in [-0.39, 0.29) is 18.6 Å². The number of nitrogens with one attached hydrogen (secondary N) is 1. The van der Waals surface area contributed by atoms with E-state index in [1.54, 1.807) is 0 Å². The molecule has 4 aliphatic carbocycles. The summed E-state index contributed by atoms with van der Waals surface area (Å²) in [5.74, 6) is 3.45. The van der Waals surface area contributed by atoms with Crippen molar-refractivity contribution in [3.05, 3.63) is 28.7 Å². The molecule has 0 heterocycles. The number of ether oxygens (including phenoxy) is 1. The third-order valence-electron chi connectivity index (χ3n) is 6.55. The zero-order valence-corrected chi connectivity index (χ0v) is 15.8. The van der Waals surface area contributed by atoms with Crippen LogP contribution in [0.2, 0.25) is 0 Å². The Morgan fingerprint density at radius 3 is 2.46 bits per heavy atom. The Morgan fingerprint density at radius 1 is 1.25 bits per heavy atom. The van der Waals surface area contributed by atoms with E-state index in [4.69, 9.17) is 4.74 Å². The van der Waals surface area contributed by atoms with Crippen molar-refractivity contribution in [2.45, 2.75) is 51.5 Å². The maximum atomic E-state index is 12.4. The summed E-state index contributed by atoms with van der Waals surface area (Å²) in [6.45, 7) is 2.30. The number of rotatable bonds is 5. The van der Waals surface area contributed by atoms with E-state index >= 15 is 0 Å². The molecule has 0 radical (unpaired) electrons. The van der Waals surface area contributed by atoms with Crippen LogP contribution in [-0.4, -0.2) is 18.6 Å². The van der Waals surface area contributed by atoms with Crippen molar-refractivity contribution in [1.82, 2.24) is 5.32 Å². The zero-order valence-electron chi connectivity index (χ0n) is 14.3. The van der Waals surface area contributed by atoms with Crippen molar-refractivity contribution >= 4 is 21.8 Å². The third-order valence-corrected chi connectivity index (χ3v) is 7.04. The minimum Gasteiger partial charge on any atom is -0.484 e. The average molecular weight is 392 g/mol. The molecule has 1 aromatic carbocycles. The molecule has 0 aromatic heterocycles. The van der Waals surface area contributed by atoms with Gasteiger partial charge in [-0.2, -0.15) is 0 Å². The summed E-state index contributed by atoms with van der Waals surface area (Å²) < 4.78 is 6.59. The molecule has 130 valence electrons. The number of hydrogen-bond donors (Lipinski definition) is 1. The molecule has 1 atom stereocenters. The van der Waals surface area contributed by atoms with Gasteiger partial charge in [-0.3, -0.25) is 4.79 Å². The summed E-state index contributed by atoms with van der Waals surface area (Å²) in [5, 5.41) is 3.25. The molecule has 5 rings (SSSR count). The van der Waals surface area contributed by atoms with E-state index in [9.17, 15) is 4.79 Å².